The van der Waals surface area contributed by atoms with Crippen LogP contribution in [-0.2, 0) is 11.4 Å². The number of hydrogen-bond acceptors (Lipinski definition) is 2. The molecule has 0 aromatic heterocycles. The minimum absolute atomic E-state index is 0.301. The van der Waals surface area contributed by atoms with Gasteiger partial charge in [-0.2, -0.15) is 0 Å². The third-order valence-electron chi connectivity index (χ3n) is 1.36. The molecule has 4 nitrogen and oxygen atoms in total. The lowest BCUT2D eigenvalue weighted by Crippen LogP contribution is -2.26. The normalized spacial score (nSPS) is 9.62. The lowest BCUT2D eigenvalue weighted by molar-refractivity contribution is -0.0419. The van der Waals surface area contributed by atoms with Crippen molar-refractivity contribution in [2.75, 3.05) is 0 Å². The summed E-state index contributed by atoms with van der Waals surface area (Å²) in [4.78, 5) is 15.5. The van der Waals surface area contributed by atoms with Crippen LogP contribution in [0.5, 0.6) is 0 Å². The number of rotatable bonds is 3. The fraction of sp³-hybridized carbons (Fsp3) is 0.125. The van der Waals surface area contributed by atoms with Gasteiger partial charge >= 0.3 is 6.03 Å². The molecular formula is C8H9BrN2O2. The van der Waals surface area contributed by atoms with Crippen molar-refractivity contribution in [3.63, 3.8) is 0 Å². The highest BCUT2D eigenvalue weighted by Crippen LogP contribution is 2.05. The van der Waals surface area contributed by atoms with E-state index in [2.05, 4.69) is 16.1 Å². The van der Waals surface area contributed by atoms with E-state index in [0.29, 0.717) is 6.61 Å². The average molecular weight is 245 g/mol. The first-order valence-electron chi connectivity index (χ1n) is 3.62. The molecule has 0 saturated heterocycles. The highest BCUT2D eigenvalue weighted by atomic mass is 79.9. The smallest absolute Gasteiger partial charge is 0.349 e. The summed E-state index contributed by atoms with van der Waals surface area (Å²) in [5, 5.41) is 0. The second kappa shape index (κ2) is 4.84. The van der Waals surface area contributed by atoms with Gasteiger partial charge in [0.05, 0.1) is 16.1 Å². The van der Waals surface area contributed by atoms with Gasteiger partial charge in [0.25, 0.3) is 0 Å². The minimum atomic E-state index is -0.684. The average Bonchev–Trinajstić information content (AvgIpc) is 2.15. The summed E-state index contributed by atoms with van der Waals surface area (Å²) in [5.41, 5.74) is 5.88. The molecule has 0 aliphatic heterocycles. The summed E-state index contributed by atoms with van der Waals surface area (Å²) in [6, 6.07) is 8.78. The van der Waals surface area contributed by atoms with Crippen LogP contribution >= 0.6 is 16.1 Å². The predicted molar refractivity (Wildman–Crippen MR) is 51.6 cm³/mol. The number of nitrogens with two attached hydrogens (primary N) is 1. The van der Waals surface area contributed by atoms with Gasteiger partial charge in [0.1, 0.15) is 6.61 Å². The molecule has 0 unspecified atom stereocenters. The lowest BCUT2D eigenvalue weighted by Gasteiger charge is -2.10. The van der Waals surface area contributed by atoms with Crippen LogP contribution in [0.15, 0.2) is 30.3 Å². The van der Waals surface area contributed by atoms with Crippen molar-refractivity contribution in [1.82, 2.24) is 4.09 Å². The molecule has 70 valence electrons. The Balaban J connectivity index is 2.39. The topological polar surface area (TPSA) is 55.6 Å². The van der Waals surface area contributed by atoms with E-state index in [1.54, 1.807) is 0 Å². The Labute approximate surface area is 84.6 Å². The van der Waals surface area contributed by atoms with Crippen LogP contribution in [0.25, 0.3) is 0 Å². The molecule has 0 aliphatic rings. The van der Waals surface area contributed by atoms with Gasteiger partial charge in [-0.05, 0) is 5.56 Å². The van der Waals surface area contributed by atoms with Gasteiger partial charge in [-0.3, -0.25) is 4.84 Å². The zero-order valence-corrected chi connectivity index (χ0v) is 8.40. The molecule has 1 aromatic carbocycles. The summed E-state index contributed by atoms with van der Waals surface area (Å²) in [6.07, 6.45) is 0. The van der Waals surface area contributed by atoms with Crippen molar-refractivity contribution in [2.45, 2.75) is 6.61 Å². The van der Waals surface area contributed by atoms with Crippen LogP contribution in [-0.4, -0.2) is 10.1 Å². The van der Waals surface area contributed by atoms with Crippen LogP contribution in [0, 0.1) is 0 Å². The van der Waals surface area contributed by atoms with Crippen LogP contribution < -0.4 is 5.73 Å². The maximum Gasteiger partial charge on any atom is 0.349 e. The van der Waals surface area contributed by atoms with E-state index in [-0.39, 0.29) is 0 Å². The maximum absolute atomic E-state index is 10.5. The number of primary amides is 1. The molecule has 2 amide bonds. The number of amides is 2. The van der Waals surface area contributed by atoms with Crippen LogP contribution in [0.3, 0.4) is 0 Å². The third-order valence-corrected chi connectivity index (χ3v) is 1.91. The van der Waals surface area contributed by atoms with Crippen molar-refractivity contribution >= 4 is 22.2 Å². The zero-order valence-electron chi connectivity index (χ0n) is 6.81. The second-order valence-corrected chi connectivity index (χ2v) is 2.99. The van der Waals surface area contributed by atoms with Crippen molar-refractivity contribution in [3.8, 4) is 0 Å². The molecule has 0 radical (unpaired) electrons. The van der Waals surface area contributed by atoms with Crippen LogP contribution in [0.2, 0.25) is 0 Å². The molecule has 1 rings (SSSR count). The quantitative estimate of drug-likeness (QED) is 0.652. The summed E-state index contributed by atoms with van der Waals surface area (Å²) in [5.74, 6) is 0. The van der Waals surface area contributed by atoms with Crippen molar-refractivity contribution in [1.29, 1.82) is 0 Å². The standard InChI is InChI=1S/C8H9BrN2O2/c9-11(8(10)12)13-6-7-4-2-1-3-5-7/h1-5H,6H2,(H2,10,12). The van der Waals surface area contributed by atoms with Gasteiger partial charge in [-0.25, -0.2) is 4.79 Å². The van der Waals surface area contributed by atoms with Crippen molar-refractivity contribution in [2.24, 2.45) is 5.73 Å². The number of nitrogens with zero attached hydrogens (tertiary/aromatic N) is 1. The first-order valence-corrected chi connectivity index (χ1v) is 4.33. The molecule has 0 fully saturated rings. The fourth-order valence-corrected chi connectivity index (χ4v) is 0.871. The third kappa shape index (κ3) is 3.43. The number of carbonyl (C=O) groups excluding carboxylic acids is 1. The molecule has 1 aromatic rings. The first-order chi connectivity index (χ1) is 6.20. The number of hydrogen-bond donors (Lipinski definition) is 1. The molecule has 0 saturated carbocycles. The van der Waals surface area contributed by atoms with E-state index in [1.165, 1.54) is 0 Å². The number of urea groups is 1. The Kier molecular flexibility index (Phi) is 3.72. The van der Waals surface area contributed by atoms with E-state index in [9.17, 15) is 4.79 Å². The zero-order chi connectivity index (χ0) is 9.68. The molecule has 13 heavy (non-hydrogen) atoms. The summed E-state index contributed by atoms with van der Waals surface area (Å²) in [6.45, 7) is 0.301. The minimum Gasteiger partial charge on any atom is -0.349 e. The Morgan fingerprint density at radius 3 is 2.62 bits per heavy atom. The van der Waals surface area contributed by atoms with E-state index >= 15 is 0 Å². The van der Waals surface area contributed by atoms with E-state index < -0.39 is 6.03 Å². The molecule has 5 heteroatoms. The maximum atomic E-state index is 10.5. The number of benzene rings is 1. The Morgan fingerprint density at radius 1 is 1.46 bits per heavy atom. The van der Waals surface area contributed by atoms with E-state index in [1.807, 2.05) is 30.3 Å². The highest BCUT2D eigenvalue weighted by Gasteiger charge is 2.04. The first kappa shape index (κ1) is 10.0. The molecule has 2 N–H and O–H groups in total. The van der Waals surface area contributed by atoms with E-state index in [0.717, 1.165) is 9.65 Å². The molecule has 0 bridgehead atoms. The molecule has 0 atom stereocenters. The lowest BCUT2D eigenvalue weighted by atomic mass is 10.2. The van der Waals surface area contributed by atoms with Gasteiger partial charge in [-0.1, -0.05) is 30.3 Å². The van der Waals surface area contributed by atoms with Crippen LogP contribution in [0.4, 0.5) is 4.79 Å². The summed E-state index contributed by atoms with van der Waals surface area (Å²) >= 11 is 2.84. The fourth-order valence-electron chi connectivity index (χ4n) is 0.769. The van der Waals surface area contributed by atoms with Crippen LogP contribution in [0.1, 0.15) is 5.56 Å². The molecule has 0 heterocycles. The Bertz CT molecular complexity index is 279. The van der Waals surface area contributed by atoms with Crippen molar-refractivity contribution < 1.29 is 9.63 Å². The highest BCUT2D eigenvalue weighted by molar-refractivity contribution is 9.07. The second-order valence-electron chi connectivity index (χ2n) is 2.34. The summed E-state index contributed by atoms with van der Waals surface area (Å²) < 4.78 is 0.819. The predicted octanol–water partition coefficient (Wildman–Crippen LogP) is 1.81. The van der Waals surface area contributed by atoms with Gasteiger partial charge in [0, 0.05) is 0 Å². The van der Waals surface area contributed by atoms with Gasteiger partial charge in [0.15, 0.2) is 0 Å². The largest absolute Gasteiger partial charge is 0.349 e. The molecule has 0 spiro atoms. The number of halogens is 1. The molecule has 0 aliphatic carbocycles. The SMILES string of the molecule is NC(=O)N(Br)OCc1ccccc1. The number of carbonyl (C=O) groups is 1. The van der Waals surface area contributed by atoms with Gasteiger partial charge in [0.2, 0.25) is 0 Å². The molecular weight excluding hydrogens is 236 g/mol. The number of hydroxylamine groups is 1. The Hall–Kier alpha value is -1.07. The van der Waals surface area contributed by atoms with E-state index in [4.69, 9.17) is 10.6 Å². The van der Waals surface area contributed by atoms with Crippen molar-refractivity contribution in [3.05, 3.63) is 35.9 Å². The monoisotopic (exact) mass is 244 g/mol. The Morgan fingerprint density at radius 2 is 2.08 bits per heavy atom. The summed E-state index contributed by atoms with van der Waals surface area (Å²) in [7, 11) is 0. The van der Waals surface area contributed by atoms with Gasteiger partial charge < -0.3 is 5.73 Å². The van der Waals surface area contributed by atoms with Gasteiger partial charge in [-0.15, -0.1) is 4.09 Å².